The Labute approximate surface area is 236 Å². The molecule has 1 N–H and O–H groups in total. The lowest BCUT2D eigenvalue weighted by atomic mass is 10.0. The van der Waals surface area contributed by atoms with Crippen LogP contribution < -0.4 is 15.0 Å². The second-order valence-corrected chi connectivity index (χ2v) is 10.7. The lowest BCUT2D eigenvalue weighted by Crippen LogP contribution is -2.35. The topological polar surface area (TPSA) is 111 Å². The van der Waals surface area contributed by atoms with Gasteiger partial charge in [0.05, 0.1) is 11.6 Å². The lowest BCUT2D eigenvalue weighted by Gasteiger charge is -2.32. The first kappa shape index (κ1) is 25.4. The van der Waals surface area contributed by atoms with Gasteiger partial charge in [0.1, 0.15) is 19.3 Å². The van der Waals surface area contributed by atoms with E-state index >= 15 is 0 Å². The summed E-state index contributed by atoms with van der Waals surface area (Å²) in [7, 11) is 0. The van der Waals surface area contributed by atoms with Crippen LogP contribution in [0.4, 0.5) is 0 Å². The molecule has 208 valence electrons. The fraction of sp³-hybridized carbons (Fsp3) is 0.323. The number of aromatic nitrogens is 6. The Morgan fingerprint density at radius 1 is 0.951 bits per heavy atom. The number of nitrogens with zero attached hydrogens (tertiary/aromatic N) is 6. The van der Waals surface area contributed by atoms with Gasteiger partial charge in [0, 0.05) is 42.5 Å². The van der Waals surface area contributed by atoms with Crippen molar-refractivity contribution in [3.8, 4) is 11.5 Å². The van der Waals surface area contributed by atoms with Gasteiger partial charge in [-0.05, 0) is 52.6 Å². The van der Waals surface area contributed by atoms with E-state index < -0.39 is 6.04 Å². The van der Waals surface area contributed by atoms with Gasteiger partial charge < -0.3 is 14.5 Å². The van der Waals surface area contributed by atoms with E-state index in [0.29, 0.717) is 54.7 Å². The Morgan fingerprint density at radius 2 is 1.71 bits per heavy atom. The molecule has 41 heavy (non-hydrogen) atoms. The Kier molecular flexibility index (Phi) is 6.90. The van der Waals surface area contributed by atoms with Gasteiger partial charge in [-0.1, -0.05) is 49.2 Å². The van der Waals surface area contributed by atoms with Crippen LogP contribution in [0.15, 0.2) is 77.9 Å². The van der Waals surface area contributed by atoms with Crippen molar-refractivity contribution in [1.29, 1.82) is 0 Å². The quantitative estimate of drug-likeness (QED) is 0.299. The molecule has 1 saturated carbocycles. The van der Waals surface area contributed by atoms with Crippen LogP contribution in [0.2, 0.25) is 0 Å². The highest BCUT2D eigenvalue weighted by molar-refractivity contribution is 5.83. The average molecular weight is 550 g/mol. The predicted molar refractivity (Wildman–Crippen MR) is 153 cm³/mol. The van der Waals surface area contributed by atoms with Crippen molar-refractivity contribution in [3.63, 3.8) is 0 Å². The van der Waals surface area contributed by atoms with E-state index in [-0.39, 0.29) is 11.6 Å². The standard InChI is InChI=1S/C31H31N7O3/c39-31-25(15-23-16-27-28(17-26(23)33-31)41-14-13-40-27)29(30-34-35-36-38(30)24-10-4-5-11-24)37(19-21-7-2-1-3-8-21)20-22-9-6-12-32-18-22/h1-3,6-9,12,15-18,24,29H,4-5,10-11,13-14,19-20H2,(H,33,39)/t29-/m1/s1. The molecule has 10 nitrogen and oxygen atoms in total. The molecule has 2 aliphatic rings. The van der Waals surface area contributed by atoms with Gasteiger partial charge in [0.15, 0.2) is 17.3 Å². The van der Waals surface area contributed by atoms with Crippen molar-refractivity contribution in [1.82, 2.24) is 35.1 Å². The molecular formula is C31H31N7O3. The summed E-state index contributed by atoms with van der Waals surface area (Å²) in [6.45, 7) is 2.10. The van der Waals surface area contributed by atoms with E-state index in [1.807, 2.05) is 53.3 Å². The van der Waals surface area contributed by atoms with Crippen LogP contribution in [0.5, 0.6) is 11.5 Å². The van der Waals surface area contributed by atoms with Crippen LogP contribution in [0.25, 0.3) is 10.9 Å². The predicted octanol–water partition coefficient (Wildman–Crippen LogP) is 4.59. The van der Waals surface area contributed by atoms with Crippen molar-refractivity contribution in [2.45, 2.75) is 50.9 Å². The van der Waals surface area contributed by atoms with Gasteiger partial charge in [0.25, 0.3) is 5.56 Å². The van der Waals surface area contributed by atoms with Crippen molar-refractivity contribution in [2.24, 2.45) is 0 Å². The SMILES string of the molecule is O=c1[nH]c2cc3c(cc2cc1[C@H](c1nnnn1C1CCCC1)N(Cc1ccccc1)Cc1cccnc1)OCCO3. The average Bonchev–Trinajstić information content (AvgIpc) is 3.70. The molecule has 0 amide bonds. The third kappa shape index (κ3) is 5.18. The molecule has 10 heteroatoms. The second-order valence-electron chi connectivity index (χ2n) is 10.7. The van der Waals surface area contributed by atoms with Crippen LogP contribution in [-0.4, -0.2) is 48.3 Å². The summed E-state index contributed by atoms with van der Waals surface area (Å²) < 4.78 is 13.6. The number of H-pyrrole nitrogens is 1. The molecule has 0 saturated heterocycles. The first-order valence-electron chi connectivity index (χ1n) is 14.1. The summed E-state index contributed by atoms with van der Waals surface area (Å²) in [5.74, 6) is 1.97. The Morgan fingerprint density at radius 3 is 2.49 bits per heavy atom. The van der Waals surface area contributed by atoms with E-state index in [9.17, 15) is 4.79 Å². The van der Waals surface area contributed by atoms with Crippen LogP contribution in [0.1, 0.15) is 60.3 Å². The number of tetrazole rings is 1. The van der Waals surface area contributed by atoms with Crippen LogP contribution in [0, 0.1) is 0 Å². The molecule has 0 spiro atoms. The van der Waals surface area contributed by atoms with E-state index in [1.165, 1.54) is 0 Å². The number of pyridine rings is 2. The minimum absolute atomic E-state index is 0.190. The molecule has 3 aromatic heterocycles. The number of benzene rings is 2. The summed E-state index contributed by atoms with van der Waals surface area (Å²) in [6, 6.07) is 19.7. The number of nitrogens with one attached hydrogen (secondary N) is 1. The molecule has 1 atom stereocenters. The monoisotopic (exact) mass is 549 g/mol. The van der Waals surface area contributed by atoms with Gasteiger partial charge in [-0.3, -0.25) is 14.7 Å². The van der Waals surface area contributed by atoms with Crippen molar-refractivity contribution >= 4 is 10.9 Å². The normalized spacial score (nSPS) is 15.9. The zero-order chi connectivity index (χ0) is 27.6. The molecule has 2 aromatic carbocycles. The fourth-order valence-electron chi connectivity index (χ4n) is 6.03. The van der Waals surface area contributed by atoms with Crippen molar-refractivity contribution in [2.75, 3.05) is 13.2 Å². The zero-order valence-electron chi connectivity index (χ0n) is 22.6. The van der Waals surface area contributed by atoms with Crippen LogP contribution >= 0.6 is 0 Å². The lowest BCUT2D eigenvalue weighted by molar-refractivity contribution is 0.172. The molecule has 5 aromatic rings. The first-order valence-corrected chi connectivity index (χ1v) is 14.1. The number of fused-ring (bicyclic) bond motifs is 2. The van der Waals surface area contributed by atoms with Gasteiger partial charge in [0.2, 0.25) is 0 Å². The van der Waals surface area contributed by atoms with Crippen molar-refractivity contribution in [3.05, 3.63) is 106 Å². The smallest absolute Gasteiger partial charge is 0.253 e. The van der Waals surface area contributed by atoms with E-state index in [2.05, 4.69) is 48.6 Å². The van der Waals surface area contributed by atoms with E-state index in [0.717, 1.165) is 42.2 Å². The number of rotatable bonds is 8. The van der Waals surface area contributed by atoms with Gasteiger partial charge >= 0.3 is 0 Å². The maximum Gasteiger partial charge on any atom is 0.253 e. The molecule has 7 rings (SSSR count). The Balaban J connectivity index is 1.40. The van der Waals surface area contributed by atoms with Crippen LogP contribution in [0.3, 0.4) is 0 Å². The summed E-state index contributed by atoms with van der Waals surface area (Å²) in [5, 5.41) is 14.0. The van der Waals surface area contributed by atoms with Gasteiger partial charge in [-0.15, -0.1) is 5.10 Å². The minimum Gasteiger partial charge on any atom is -0.486 e. The summed E-state index contributed by atoms with van der Waals surface area (Å²) in [5.41, 5.74) is 3.23. The van der Waals surface area contributed by atoms with Gasteiger partial charge in [-0.2, -0.15) is 0 Å². The molecule has 0 radical (unpaired) electrons. The highest BCUT2D eigenvalue weighted by Gasteiger charge is 2.33. The van der Waals surface area contributed by atoms with E-state index in [4.69, 9.17) is 9.47 Å². The molecular weight excluding hydrogens is 518 g/mol. The molecule has 1 aliphatic carbocycles. The third-order valence-corrected chi connectivity index (χ3v) is 7.97. The first-order chi connectivity index (χ1) is 20.2. The maximum absolute atomic E-state index is 13.9. The summed E-state index contributed by atoms with van der Waals surface area (Å²) >= 11 is 0. The summed E-state index contributed by atoms with van der Waals surface area (Å²) in [6.07, 6.45) is 7.95. The molecule has 1 aliphatic heterocycles. The Hall–Kier alpha value is -4.57. The largest absolute Gasteiger partial charge is 0.486 e. The highest BCUT2D eigenvalue weighted by Crippen LogP contribution is 2.37. The van der Waals surface area contributed by atoms with Gasteiger partial charge in [-0.25, -0.2) is 4.68 Å². The molecule has 0 bridgehead atoms. The number of aromatic amines is 1. The number of hydrogen-bond acceptors (Lipinski definition) is 8. The second kappa shape index (κ2) is 11.1. The van der Waals surface area contributed by atoms with E-state index in [1.54, 1.807) is 6.20 Å². The van der Waals surface area contributed by atoms with Crippen molar-refractivity contribution < 1.29 is 9.47 Å². The Bertz CT molecular complexity index is 1660. The molecule has 1 fully saturated rings. The molecule has 4 heterocycles. The highest BCUT2D eigenvalue weighted by atomic mass is 16.6. The number of ether oxygens (including phenoxy) is 2. The number of hydrogen-bond donors (Lipinski definition) is 1. The fourth-order valence-corrected chi connectivity index (χ4v) is 6.03. The maximum atomic E-state index is 13.9. The zero-order valence-corrected chi connectivity index (χ0v) is 22.6. The summed E-state index contributed by atoms with van der Waals surface area (Å²) in [4.78, 5) is 23.7. The van der Waals surface area contributed by atoms with Crippen LogP contribution in [-0.2, 0) is 13.1 Å². The third-order valence-electron chi connectivity index (χ3n) is 7.97. The minimum atomic E-state index is -0.521. The molecule has 0 unspecified atom stereocenters.